The maximum absolute atomic E-state index is 14.4. The number of ether oxygens (including phenoxy) is 3. The molecule has 0 saturated carbocycles. The normalized spacial score (nSPS) is 13.2. The molecule has 3 rings (SSSR count). The van der Waals surface area contributed by atoms with Gasteiger partial charge in [-0.1, -0.05) is 0 Å². The molecule has 140 valence electrons. The molecular weight excluding hydrogens is 392 g/mol. The number of benzene rings is 1. The summed E-state index contributed by atoms with van der Waals surface area (Å²) in [4.78, 5) is 11.9. The lowest BCUT2D eigenvalue weighted by atomic mass is 10.1. The van der Waals surface area contributed by atoms with E-state index in [1.165, 1.54) is 0 Å². The molecule has 0 aliphatic carbocycles. The second-order valence-corrected chi connectivity index (χ2v) is 8.42. The third-order valence-electron chi connectivity index (χ3n) is 3.67. The first kappa shape index (κ1) is 18.5. The number of rotatable bonds is 5. The summed E-state index contributed by atoms with van der Waals surface area (Å²) in [6, 6.07) is 1.16. The number of carbonyl (C=O) groups is 1. The molecule has 0 amide bonds. The number of carbonyl (C=O) groups excluding carboxylic acids is 1. The molecule has 2 heterocycles. The molecule has 2 aromatic rings. The van der Waals surface area contributed by atoms with Crippen LogP contribution >= 0.6 is 11.5 Å². The summed E-state index contributed by atoms with van der Waals surface area (Å²) in [5.74, 6) is -3.11. The van der Waals surface area contributed by atoms with Crippen molar-refractivity contribution in [3.63, 3.8) is 0 Å². The summed E-state index contributed by atoms with van der Waals surface area (Å²) in [5, 5.41) is 0. The Morgan fingerprint density at radius 3 is 2.81 bits per heavy atom. The van der Waals surface area contributed by atoms with Crippen molar-refractivity contribution in [3.8, 4) is 11.6 Å². The monoisotopic (exact) mass is 405 g/mol. The van der Waals surface area contributed by atoms with Crippen molar-refractivity contribution in [1.82, 2.24) is 4.37 Å². The van der Waals surface area contributed by atoms with Crippen LogP contribution in [0.25, 0.3) is 0 Å². The van der Waals surface area contributed by atoms with Crippen LogP contribution in [0.1, 0.15) is 21.5 Å². The van der Waals surface area contributed by atoms with Crippen molar-refractivity contribution >= 4 is 27.3 Å². The minimum absolute atomic E-state index is 0.0340. The zero-order chi connectivity index (χ0) is 19.1. The van der Waals surface area contributed by atoms with Crippen molar-refractivity contribution in [1.29, 1.82) is 0 Å². The highest BCUT2D eigenvalue weighted by atomic mass is 32.2. The van der Waals surface area contributed by atoms with Crippen molar-refractivity contribution in [3.05, 3.63) is 34.4 Å². The summed E-state index contributed by atoms with van der Waals surface area (Å²) >= 11 is 0.514. The van der Waals surface area contributed by atoms with Crippen LogP contribution in [0.3, 0.4) is 0 Å². The van der Waals surface area contributed by atoms with Gasteiger partial charge in [-0.05, 0) is 17.6 Å². The topological polar surface area (TPSA) is 91.8 Å². The van der Waals surface area contributed by atoms with Gasteiger partial charge in [-0.15, -0.1) is 0 Å². The highest BCUT2D eigenvalue weighted by Gasteiger charge is 2.30. The Hall–Kier alpha value is -2.27. The fraction of sp³-hybridized carbons (Fsp3) is 0.333. The predicted octanol–water partition coefficient (Wildman–Crippen LogP) is 2.13. The number of esters is 1. The average Bonchev–Trinajstić information content (AvgIpc) is 3.20. The van der Waals surface area contributed by atoms with E-state index in [1.54, 1.807) is 0 Å². The third-order valence-corrected chi connectivity index (χ3v) is 6.31. The summed E-state index contributed by atoms with van der Waals surface area (Å²) < 4.78 is 70.4. The van der Waals surface area contributed by atoms with Crippen molar-refractivity contribution in [2.45, 2.75) is 17.2 Å². The Kier molecular flexibility index (Phi) is 4.84. The summed E-state index contributed by atoms with van der Waals surface area (Å²) in [5.41, 5.74) is -0.388. The van der Waals surface area contributed by atoms with Gasteiger partial charge >= 0.3 is 5.97 Å². The molecule has 1 aromatic heterocycles. The summed E-state index contributed by atoms with van der Waals surface area (Å²) in [6.07, 6.45) is 1.30. The molecule has 1 aliphatic rings. The van der Waals surface area contributed by atoms with Crippen LogP contribution < -0.4 is 9.47 Å². The second-order valence-electron chi connectivity index (χ2n) is 5.44. The number of aromatic nitrogens is 1. The molecular formula is C15H13F2NO6S2. The van der Waals surface area contributed by atoms with E-state index < -0.39 is 45.2 Å². The minimum Gasteiger partial charge on any atom is -0.490 e. The van der Waals surface area contributed by atoms with Crippen molar-refractivity contribution in [2.75, 3.05) is 20.0 Å². The van der Waals surface area contributed by atoms with E-state index in [-0.39, 0.29) is 22.4 Å². The van der Waals surface area contributed by atoms with Crippen LogP contribution in [0.2, 0.25) is 0 Å². The molecule has 26 heavy (non-hydrogen) atoms. The quantitative estimate of drug-likeness (QED) is 0.704. The van der Waals surface area contributed by atoms with Gasteiger partial charge in [0.15, 0.2) is 31.2 Å². The first-order valence-electron chi connectivity index (χ1n) is 7.27. The van der Waals surface area contributed by atoms with Gasteiger partial charge in [0, 0.05) is 18.2 Å². The fourth-order valence-corrected chi connectivity index (χ4v) is 4.22. The first-order valence-corrected chi connectivity index (χ1v) is 9.94. The largest absolute Gasteiger partial charge is 0.490 e. The number of hydrogen-bond donors (Lipinski definition) is 0. The second kappa shape index (κ2) is 6.80. The van der Waals surface area contributed by atoms with Crippen LogP contribution in [-0.4, -0.2) is 38.7 Å². The molecule has 11 heteroatoms. The molecule has 7 nitrogen and oxygen atoms in total. The Labute approximate surface area is 151 Å². The van der Waals surface area contributed by atoms with Crippen LogP contribution in [0.4, 0.5) is 8.78 Å². The first-order chi connectivity index (χ1) is 12.2. The van der Waals surface area contributed by atoms with Crippen LogP contribution in [0.15, 0.2) is 10.3 Å². The van der Waals surface area contributed by atoms with Gasteiger partial charge in [0.05, 0.1) is 19.3 Å². The number of fused-ring (bicyclic) bond motifs is 1. The zero-order valence-electron chi connectivity index (χ0n) is 13.7. The Morgan fingerprint density at radius 2 is 2.15 bits per heavy atom. The number of methoxy groups -OCH3 is 1. The Bertz CT molecular complexity index is 987. The molecule has 0 atom stereocenters. The van der Waals surface area contributed by atoms with Crippen molar-refractivity contribution < 1.29 is 36.2 Å². The molecule has 0 unspecified atom stereocenters. The molecule has 0 fully saturated rings. The van der Waals surface area contributed by atoms with Crippen LogP contribution in [0, 0.1) is 11.6 Å². The maximum atomic E-state index is 14.4. The molecule has 0 radical (unpaired) electrons. The Morgan fingerprint density at radius 1 is 1.42 bits per heavy atom. The minimum atomic E-state index is -3.77. The number of sulfone groups is 1. The molecule has 1 aliphatic heterocycles. The van der Waals surface area contributed by atoms with E-state index in [0.717, 1.165) is 19.4 Å². The number of nitrogens with zero attached hydrogens (tertiary/aromatic N) is 1. The van der Waals surface area contributed by atoms with E-state index in [0.29, 0.717) is 23.5 Å². The van der Waals surface area contributed by atoms with Crippen molar-refractivity contribution in [2.24, 2.45) is 0 Å². The molecule has 0 saturated heterocycles. The van der Waals surface area contributed by atoms with Gasteiger partial charge in [0.2, 0.25) is 5.88 Å². The lowest BCUT2D eigenvalue weighted by Gasteiger charge is -2.10. The highest BCUT2D eigenvalue weighted by Crippen LogP contribution is 2.34. The highest BCUT2D eigenvalue weighted by molar-refractivity contribution is 7.92. The van der Waals surface area contributed by atoms with E-state index in [1.807, 2.05) is 0 Å². The number of hydrogen-bond acceptors (Lipinski definition) is 8. The van der Waals surface area contributed by atoms with E-state index in [2.05, 4.69) is 9.11 Å². The van der Waals surface area contributed by atoms with E-state index in [9.17, 15) is 22.0 Å². The summed E-state index contributed by atoms with van der Waals surface area (Å²) in [7, 11) is -2.71. The van der Waals surface area contributed by atoms with Gasteiger partial charge in [0.1, 0.15) is 12.4 Å². The lowest BCUT2D eigenvalue weighted by Crippen LogP contribution is -2.10. The SMILES string of the molecule is COC(=O)c1c(OCc2c(F)cc3c(c2F)OCC3)nsc1S(C)(=O)=O. The molecule has 0 spiro atoms. The number of halogens is 2. The standard InChI is InChI=1S/C15H13F2NO6S2/c1-22-14(19)10-13(18-25-15(10)26(2,20)21)24-6-8-9(16)5-7-3-4-23-12(7)11(8)17/h5H,3-4,6H2,1-2H3. The molecule has 1 aromatic carbocycles. The van der Waals surface area contributed by atoms with Gasteiger partial charge in [-0.25, -0.2) is 22.0 Å². The summed E-state index contributed by atoms with van der Waals surface area (Å²) in [6.45, 7) is -0.350. The van der Waals surface area contributed by atoms with Crippen LogP contribution in [-0.2, 0) is 27.6 Å². The van der Waals surface area contributed by atoms with Gasteiger partial charge < -0.3 is 14.2 Å². The van der Waals surface area contributed by atoms with Crippen LogP contribution in [0.5, 0.6) is 11.6 Å². The third kappa shape index (κ3) is 3.23. The molecule has 0 bridgehead atoms. The smallest absolute Gasteiger partial charge is 0.345 e. The predicted molar refractivity (Wildman–Crippen MR) is 86.5 cm³/mol. The zero-order valence-corrected chi connectivity index (χ0v) is 15.3. The van der Waals surface area contributed by atoms with Gasteiger partial charge in [-0.2, -0.15) is 4.37 Å². The van der Waals surface area contributed by atoms with Gasteiger partial charge in [-0.3, -0.25) is 0 Å². The maximum Gasteiger partial charge on any atom is 0.345 e. The van der Waals surface area contributed by atoms with E-state index >= 15 is 0 Å². The fourth-order valence-electron chi connectivity index (χ4n) is 2.45. The molecule has 0 N–H and O–H groups in total. The average molecular weight is 405 g/mol. The van der Waals surface area contributed by atoms with Gasteiger partial charge in [0.25, 0.3) is 0 Å². The van der Waals surface area contributed by atoms with E-state index in [4.69, 9.17) is 9.47 Å². The lowest BCUT2D eigenvalue weighted by molar-refractivity contribution is 0.0591. The Balaban J connectivity index is 1.94.